The number of hydrogen-bond acceptors (Lipinski definition) is 4. The maximum Gasteiger partial charge on any atom is 0.310 e. The maximum absolute atomic E-state index is 12.3. The highest BCUT2D eigenvalue weighted by molar-refractivity contribution is 5.94. The van der Waals surface area contributed by atoms with Crippen LogP contribution in [0.25, 0.3) is 0 Å². The van der Waals surface area contributed by atoms with E-state index in [-0.39, 0.29) is 24.2 Å². The number of Topliss-reactive ketones (excluding diaryl/α,β-unsaturated/α-hetero) is 1. The average molecular weight is 277 g/mol. The highest BCUT2D eigenvalue weighted by atomic mass is 16.6. The Morgan fingerprint density at radius 1 is 1.55 bits per heavy atom. The molecule has 1 aromatic rings. The highest BCUT2D eigenvalue weighted by Gasteiger charge is 2.48. The molecule has 108 valence electrons. The number of esters is 1. The van der Waals surface area contributed by atoms with Gasteiger partial charge >= 0.3 is 5.97 Å². The predicted molar refractivity (Wildman–Crippen MR) is 74.0 cm³/mol. The van der Waals surface area contributed by atoms with Crippen LogP contribution in [0.15, 0.2) is 24.4 Å². The molecule has 0 aliphatic carbocycles. The van der Waals surface area contributed by atoms with Crippen molar-refractivity contribution in [2.24, 2.45) is 5.92 Å². The number of aromatic nitrogens is 1. The lowest BCUT2D eigenvalue weighted by Gasteiger charge is -2.19. The smallest absolute Gasteiger partial charge is 0.310 e. The zero-order chi connectivity index (χ0) is 14.6. The van der Waals surface area contributed by atoms with Gasteiger partial charge in [0.1, 0.15) is 6.54 Å². The number of aromatic amines is 1. The molecule has 20 heavy (non-hydrogen) atoms. The van der Waals surface area contributed by atoms with E-state index >= 15 is 0 Å². The van der Waals surface area contributed by atoms with Crippen molar-refractivity contribution in [3.63, 3.8) is 0 Å². The standard InChI is InChI=1S/C15H20N2O3/c1-3-6-11-9-15(2,20-14(11)19)12(18)10-17-13-7-4-5-8-16-13/h4-5,7-8,11H,3,6,9-10H2,1-2H3,(H,16,17)/p+1/t11-,15-/m0/s1. The monoisotopic (exact) mass is 277 g/mol. The first-order valence-corrected chi connectivity index (χ1v) is 7.02. The fourth-order valence-corrected chi connectivity index (χ4v) is 2.51. The van der Waals surface area contributed by atoms with E-state index in [1.165, 1.54) is 0 Å². The Bertz CT molecular complexity index is 489. The van der Waals surface area contributed by atoms with Crippen LogP contribution in [0.4, 0.5) is 5.82 Å². The van der Waals surface area contributed by atoms with Gasteiger partial charge in [0.25, 0.3) is 5.82 Å². The Morgan fingerprint density at radius 3 is 3.00 bits per heavy atom. The lowest BCUT2D eigenvalue weighted by Crippen LogP contribution is -2.39. The van der Waals surface area contributed by atoms with E-state index in [2.05, 4.69) is 10.3 Å². The molecular formula is C15H21N2O3+. The summed E-state index contributed by atoms with van der Waals surface area (Å²) in [7, 11) is 0. The normalized spacial score (nSPS) is 25.3. The molecule has 0 radical (unpaired) electrons. The van der Waals surface area contributed by atoms with Gasteiger partial charge in [0.15, 0.2) is 5.60 Å². The summed E-state index contributed by atoms with van der Waals surface area (Å²) in [4.78, 5) is 27.0. The maximum atomic E-state index is 12.3. The summed E-state index contributed by atoms with van der Waals surface area (Å²) < 4.78 is 5.33. The molecule has 0 unspecified atom stereocenters. The summed E-state index contributed by atoms with van der Waals surface area (Å²) in [5.74, 6) is 0.284. The third kappa shape index (κ3) is 3.15. The summed E-state index contributed by atoms with van der Waals surface area (Å²) in [6.45, 7) is 3.87. The van der Waals surface area contributed by atoms with Gasteiger partial charge in [-0.1, -0.05) is 19.4 Å². The van der Waals surface area contributed by atoms with E-state index in [0.717, 1.165) is 18.7 Å². The van der Waals surface area contributed by atoms with Crippen molar-refractivity contribution in [3.05, 3.63) is 24.4 Å². The molecule has 0 aromatic carbocycles. The van der Waals surface area contributed by atoms with Crippen molar-refractivity contribution in [1.82, 2.24) is 0 Å². The average Bonchev–Trinajstić information content (AvgIpc) is 2.74. The molecule has 2 atom stereocenters. The Labute approximate surface area is 118 Å². The number of nitrogens with one attached hydrogen (secondary N) is 2. The van der Waals surface area contributed by atoms with Gasteiger partial charge in [-0.25, -0.2) is 4.98 Å². The molecule has 1 aliphatic heterocycles. The summed E-state index contributed by atoms with van der Waals surface area (Å²) >= 11 is 0. The van der Waals surface area contributed by atoms with Crippen LogP contribution in [-0.4, -0.2) is 23.9 Å². The fourth-order valence-electron chi connectivity index (χ4n) is 2.51. The van der Waals surface area contributed by atoms with Gasteiger partial charge in [-0.2, -0.15) is 0 Å². The van der Waals surface area contributed by atoms with Crippen LogP contribution in [0.2, 0.25) is 0 Å². The quantitative estimate of drug-likeness (QED) is 0.802. The van der Waals surface area contributed by atoms with E-state index in [1.54, 1.807) is 13.1 Å². The van der Waals surface area contributed by atoms with Crippen LogP contribution in [-0.2, 0) is 14.3 Å². The predicted octanol–water partition coefficient (Wildman–Crippen LogP) is 1.60. The molecule has 0 amide bonds. The van der Waals surface area contributed by atoms with E-state index in [4.69, 9.17) is 4.74 Å². The topological polar surface area (TPSA) is 69.5 Å². The molecule has 1 saturated heterocycles. The number of ketones is 1. The molecule has 1 fully saturated rings. The van der Waals surface area contributed by atoms with Crippen molar-refractivity contribution >= 4 is 17.6 Å². The van der Waals surface area contributed by atoms with Gasteiger partial charge in [-0.05, 0) is 19.4 Å². The minimum atomic E-state index is -0.987. The minimum Gasteiger partial charge on any atom is -0.451 e. The molecule has 0 saturated carbocycles. The number of ether oxygens (including phenoxy) is 1. The lowest BCUT2D eigenvalue weighted by atomic mass is 9.89. The number of cyclic esters (lactones) is 1. The second kappa shape index (κ2) is 6.03. The van der Waals surface area contributed by atoms with Gasteiger partial charge in [-0.3, -0.25) is 14.9 Å². The van der Waals surface area contributed by atoms with Crippen LogP contribution >= 0.6 is 0 Å². The van der Waals surface area contributed by atoms with Gasteiger partial charge in [0.05, 0.1) is 12.1 Å². The zero-order valence-electron chi connectivity index (χ0n) is 11.9. The van der Waals surface area contributed by atoms with Crippen LogP contribution in [0.1, 0.15) is 33.1 Å². The summed E-state index contributed by atoms with van der Waals surface area (Å²) in [6.07, 6.45) is 3.96. The summed E-state index contributed by atoms with van der Waals surface area (Å²) in [6, 6.07) is 5.58. The number of pyridine rings is 1. The largest absolute Gasteiger partial charge is 0.451 e. The molecule has 0 spiro atoms. The first-order valence-electron chi connectivity index (χ1n) is 7.02. The first-order chi connectivity index (χ1) is 9.55. The number of H-pyrrole nitrogens is 1. The van der Waals surface area contributed by atoms with Crippen molar-refractivity contribution in [1.29, 1.82) is 0 Å². The third-order valence-electron chi connectivity index (χ3n) is 3.67. The van der Waals surface area contributed by atoms with Crippen LogP contribution in [0, 0.1) is 5.92 Å². The number of carbonyl (C=O) groups is 2. The lowest BCUT2D eigenvalue weighted by molar-refractivity contribution is -0.361. The second-order valence-corrected chi connectivity index (χ2v) is 5.39. The summed E-state index contributed by atoms with van der Waals surface area (Å²) in [5.41, 5.74) is -0.987. The van der Waals surface area contributed by atoms with Crippen LogP contribution in [0.3, 0.4) is 0 Å². The number of rotatable bonds is 6. The minimum absolute atomic E-state index is 0.0956. The summed E-state index contributed by atoms with van der Waals surface area (Å²) in [5, 5.41) is 3.01. The number of anilines is 1. The number of carbonyl (C=O) groups excluding carboxylic acids is 2. The van der Waals surface area contributed by atoms with E-state index in [9.17, 15) is 9.59 Å². The van der Waals surface area contributed by atoms with Gasteiger partial charge in [0, 0.05) is 12.5 Å². The Kier molecular flexibility index (Phi) is 4.37. The Balaban J connectivity index is 1.94. The van der Waals surface area contributed by atoms with E-state index in [0.29, 0.717) is 6.42 Å². The van der Waals surface area contributed by atoms with Crippen molar-refractivity contribution in [3.8, 4) is 0 Å². The fraction of sp³-hybridized carbons (Fsp3) is 0.533. The van der Waals surface area contributed by atoms with Crippen molar-refractivity contribution in [2.45, 2.75) is 38.7 Å². The first kappa shape index (κ1) is 14.5. The van der Waals surface area contributed by atoms with Gasteiger partial charge in [-0.15, -0.1) is 0 Å². The Hall–Kier alpha value is -1.91. The van der Waals surface area contributed by atoms with E-state index < -0.39 is 5.60 Å². The third-order valence-corrected chi connectivity index (χ3v) is 3.67. The molecule has 5 nitrogen and oxygen atoms in total. The molecule has 1 aromatic heterocycles. The van der Waals surface area contributed by atoms with Crippen LogP contribution < -0.4 is 10.3 Å². The second-order valence-electron chi connectivity index (χ2n) is 5.39. The molecule has 2 N–H and O–H groups in total. The molecule has 1 aliphatic rings. The zero-order valence-corrected chi connectivity index (χ0v) is 11.9. The highest BCUT2D eigenvalue weighted by Crippen LogP contribution is 2.34. The number of hydrogen-bond donors (Lipinski definition) is 1. The van der Waals surface area contributed by atoms with Gasteiger partial charge < -0.3 is 4.74 Å². The molecule has 0 bridgehead atoms. The van der Waals surface area contributed by atoms with Crippen molar-refractivity contribution < 1.29 is 19.3 Å². The van der Waals surface area contributed by atoms with E-state index in [1.807, 2.05) is 25.1 Å². The Morgan fingerprint density at radius 2 is 2.35 bits per heavy atom. The molecule has 2 heterocycles. The van der Waals surface area contributed by atoms with Gasteiger partial charge in [0.2, 0.25) is 5.78 Å². The SMILES string of the molecule is CCC[C@H]1C[C@@](C)(C(=O)CNc2cccc[nH+]2)OC1=O. The molecule has 2 rings (SSSR count). The van der Waals surface area contributed by atoms with Crippen LogP contribution in [0.5, 0.6) is 0 Å². The molecular weight excluding hydrogens is 256 g/mol. The molecule has 5 heteroatoms. The van der Waals surface area contributed by atoms with Crippen molar-refractivity contribution in [2.75, 3.05) is 11.9 Å².